The summed E-state index contributed by atoms with van der Waals surface area (Å²) in [6.45, 7) is -0.197. The van der Waals surface area contributed by atoms with E-state index in [1.54, 1.807) is 0 Å². The van der Waals surface area contributed by atoms with Gasteiger partial charge in [-0.1, -0.05) is 12.1 Å². The van der Waals surface area contributed by atoms with Gasteiger partial charge in [-0.2, -0.15) is 0 Å². The Balaban J connectivity index is 2.25. The number of anilines is 1. The van der Waals surface area contributed by atoms with Crippen LogP contribution in [0.1, 0.15) is 15.9 Å². The van der Waals surface area contributed by atoms with Crippen LogP contribution in [-0.2, 0) is 6.54 Å². The Kier molecular flexibility index (Phi) is 4.11. The Hall–Kier alpha value is -2.57. The van der Waals surface area contributed by atoms with E-state index in [1.165, 1.54) is 24.3 Å². The monoisotopic (exact) mass is 299 g/mol. The van der Waals surface area contributed by atoms with Crippen LogP contribution in [0.15, 0.2) is 30.3 Å². The molecule has 2 aromatic carbocycles. The van der Waals surface area contributed by atoms with Crippen molar-refractivity contribution >= 4 is 11.7 Å². The van der Waals surface area contributed by atoms with E-state index in [-0.39, 0.29) is 18.2 Å². The van der Waals surface area contributed by atoms with Crippen molar-refractivity contribution in [2.24, 2.45) is 0 Å². The van der Waals surface area contributed by atoms with Crippen molar-refractivity contribution in [3.63, 3.8) is 0 Å². The van der Waals surface area contributed by atoms with Crippen LogP contribution in [-0.4, -0.2) is 11.1 Å². The van der Waals surface area contributed by atoms with E-state index in [9.17, 15) is 22.4 Å². The fourth-order valence-corrected chi connectivity index (χ4v) is 1.73. The van der Waals surface area contributed by atoms with Crippen LogP contribution >= 0.6 is 0 Å². The zero-order valence-corrected chi connectivity index (χ0v) is 10.5. The van der Waals surface area contributed by atoms with Gasteiger partial charge in [0.25, 0.3) is 0 Å². The molecule has 0 aliphatic heterocycles. The second kappa shape index (κ2) is 5.82. The summed E-state index contributed by atoms with van der Waals surface area (Å²) in [5, 5.41) is 11.0. The van der Waals surface area contributed by atoms with Crippen LogP contribution in [0.4, 0.5) is 23.2 Å². The second-order valence-electron chi connectivity index (χ2n) is 4.20. The molecule has 0 saturated heterocycles. The largest absolute Gasteiger partial charge is 0.478 e. The molecule has 0 aliphatic carbocycles. The Bertz CT molecular complexity index is 677. The minimum Gasteiger partial charge on any atom is -0.478 e. The molecular weight excluding hydrogens is 290 g/mol. The molecule has 7 heteroatoms. The lowest BCUT2D eigenvalue weighted by Crippen LogP contribution is -2.08. The Morgan fingerprint density at radius 1 is 1.05 bits per heavy atom. The summed E-state index contributed by atoms with van der Waals surface area (Å²) in [7, 11) is 0. The maximum Gasteiger partial charge on any atom is 0.335 e. The minimum atomic E-state index is -1.54. The fraction of sp³-hybridized carbons (Fsp3) is 0.0714. The number of carboxylic acids is 1. The fourth-order valence-electron chi connectivity index (χ4n) is 1.73. The van der Waals surface area contributed by atoms with Gasteiger partial charge in [-0.3, -0.25) is 0 Å². The number of aromatic carboxylic acids is 1. The van der Waals surface area contributed by atoms with Crippen molar-refractivity contribution in [2.75, 3.05) is 5.32 Å². The summed E-state index contributed by atoms with van der Waals surface area (Å²) in [4.78, 5) is 10.8. The number of carboxylic acid groups (broad SMARTS) is 1. The first-order chi connectivity index (χ1) is 9.90. The van der Waals surface area contributed by atoms with E-state index in [4.69, 9.17) is 5.11 Å². The summed E-state index contributed by atoms with van der Waals surface area (Å²) in [6.07, 6.45) is 0. The van der Waals surface area contributed by atoms with Crippen molar-refractivity contribution in [2.45, 2.75) is 6.54 Å². The lowest BCUT2D eigenvalue weighted by Gasteiger charge is -2.10. The predicted octanol–water partition coefficient (Wildman–Crippen LogP) is 3.55. The molecule has 0 heterocycles. The van der Waals surface area contributed by atoms with Crippen molar-refractivity contribution in [3.8, 4) is 0 Å². The van der Waals surface area contributed by atoms with Crippen LogP contribution < -0.4 is 5.32 Å². The van der Waals surface area contributed by atoms with Gasteiger partial charge in [-0.25, -0.2) is 22.4 Å². The third kappa shape index (κ3) is 3.13. The van der Waals surface area contributed by atoms with Crippen LogP contribution in [0.3, 0.4) is 0 Å². The van der Waals surface area contributed by atoms with Crippen LogP contribution in [0.2, 0.25) is 0 Å². The van der Waals surface area contributed by atoms with Crippen molar-refractivity contribution in [1.82, 2.24) is 0 Å². The average Bonchev–Trinajstić information content (AvgIpc) is 2.45. The van der Waals surface area contributed by atoms with Crippen molar-refractivity contribution < 1.29 is 27.5 Å². The summed E-state index contributed by atoms with van der Waals surface area (Å²) in [6, 6.07) is 5.68. The molecule has 110 valence electrons. The van der Waals surface area contributed by atoms with Gasteiger partial charge in [0.15, 0.2) is 23.3 Å². The van der Waals surface area contributed by atoms with Gasteiger partial charge in [0.05, 0.1) is 5.56 Å². The van der Waals surface area contributed by atoms with E-state index in [0.717, 1.165) is 0 Å². The molecule has 0 aromatic heterocycles. The smallest absolute Gasteiger partial charge is 0.335 e. The number of rotatable bonds is 4. The van der Waals surface area contributed by atoms with Gasteiger partial charge in [0, 0.05) is 12.6 Å². The number of halogens is 4. The molecule has 2 N–H and O–H groups in total. The molecule has 0 bridgehead atoms. The summed E-state index contributed by atoms with van der Waals surface area (Å²) in [5.41, 5.74) is -0.563. The van der Waals surface area contributed by atoms with Gasteiger partial charge in [0.2, 0.25) is 0 Å². The molecule has 2 rings (SSSR count). The average molecular weight is 299 g/mol. The quantitative estimate of drug-likeness (QED) is 0.670. The van der Waals surface area contributed by atoms with Crippen LogP contribution in [0.5, 0.6) is 0 Å². The molecule has 2 aromatic rings. The number of nitrogens with one attached hydrogen (secondary N) is 1. The van der Waals surface area contributed by atoms with E-state index in [2.05, 4.69) is 5.32 Å². The predicted molar refractivity (Wildman–Crippen MR) is 67.0 cm³/mol. The van der Waals surface area contributed by atoms with Crippen molar-refractivity contribution in [1.29, 1.82) is 0 Å². The van der Waals surface area contributed by atoms with E-state index >= 15 is 0 Å². The summed E-state index contributed by atoms with van der Waals surface area (Å²) in [5.74, 6) is -7.27. The zero-order chi connectivity index (χ0) is 15.6. The maximum atomic E-state index is 13.4. The van der Waals surface area contributed by atoms with Crippen molar-refractivity contribution in [3.05, 3.63) is 64.7 Å². The van der Waals surface area contributed by atoms with Crippen LogP contribution in [0.25, 0.3) is 0 Å². The van der Waals surface area contributed by atoms with E-state index < -0.39 is 34.9 Å². The number of hydrogen-bond donors (Lipinski definition) is 2. The maximum absolute atomic E-state index is 13.4. The molecule has 21 heavy (non-hydrogen) atoms. The zero-order valence-electron chi connectivity index (χ0n) is 10.5. The first-order valence-electron chi connectivity index (χ1n) is 5.79. The van der Waals surface area contributed by atoms with Gasteiger partial charge >= 0.3 is 5.97 Å². The molecule has 0 amide bonds. The minimum absolute atomic E-state index is 0.0133. The normalized spacial score (nSPS) is 10.5. The topological polar surface area (TPSA) is 49.3 Å². The highest BCUT2D eigenvalue weighted by Crippen LogP contribution is 2.24. The Morgan fingerprint density at radius 2 is 1.67 bits per heavy atom. The van der Waals surface area contributed by atoms with Gasteiger partial charge < -0.3 is 10.4 Å². The molecule has 3 nitrogen and oxygen atoms in total. The standard InChI is InChI=1S/C14H9F4NO2/c15-9-5-10(16)12(18)13(11(9)17)19-6-7-2-1-3-8(4-7)14(20)21/h1-5,19H,6H2,(H,20,21). The SMILES string of the molecule is O=C(O)c1cccc(CNc2c(F)c(F)cc(F)c2F)c1. The lowest BCUT2D eigenvalue weighted by atomic mass is 10.1. The van der Waals surface area contributed by atoms with Crippen LogP contribution in [0, 0.1) is 23.3 Å². The number of carbonyl (C=O) groups is 1. The third-order valence-corrected chi connectivity index (χ3v) is 2.76. The Morgan fingerprint density at radius 3 is 2.24 bits per heavy atom. The molecule has 0 aliphatic rings. The molecule has 0 fully saturated rings. The molecule has 0 unspecified atom stereocenters. The molecule has 0 saturated carbocycles. The molecule has 0 spiro atoms. The van der Waals surface area contributed by atoms with E-state index in [0.29, 0.717) is 5.56 Å². The highest BCUT2D eigenvalue weighted by Gasteiger charge is 2.18. The molecular formula is C14H9F4NO2. The Labute approximate surface area is 116 Å². The first-order valence-corrected chi connectivity index (χ1v) is 5.79. The lowest BCUT2D eigenvalue weighted by molar-refractivity contribution is 0.0696. The first kappa shape index (κ1) is 14.8. The second-order valence-corrected chi connectivity index (χ2v) is 4.20. The van der Waals surface area contributed by atoms with E-state index in [1.807, 2.05) is 0 Å². The van der Waals surface area contributed by atoms with Gasteiger partial charge in [-0.15, -0.1) is 0 Å². The summed E-state index contributed by atoms with van der Waals surface area (Å²) < 4.78 is 52.9. The highest BCUT2D eigenvalue weighted by molar-refractivity contribution is 5.87. The van der Waals surface area contributed by atoms with Gasteiger partial charge in [-0.05, 0) is 17.7 Å². The van der Waals surface area contributed by atoms with Gasteiger partial charge in [0.1, 0.15) is 5.69 Å². The third-order valence-electron chi connectivity index (χ3n) is 2.76. The summed E-state index contributed by atoms with van der Waals surface area (Å²) >= 11 is 0. The molecule has 0 atom stereocenters. The highest BCUT2D eigenvalue weighted by atomic mass is 19.2. The number of hydrogen-bond acceptors (Lipinski definition) is 2. The number of benzene rings is 2. The molecule has 0 radical (unpaired) electrons.